The zero-order chi connectivity index (χ0) is 29.4. The van der Waals surface area contributed by atoms with Crippen LogP contribution in [-0.4, -0.2) is 44.5 Å². The first kappa shape index (κ1) is 28.9. The number of nitrogens with one attached hydrogen (secondary N) is 1. The van der Waals surface area contributed by atoms with Crippen LogP contribution in [-0.2, 0) is 21.7 Å². The van der Waals surface area contributed by atoms with Gasteiger partial charge in [-0.05, 0) is 51.5 Å². The van der Waals surface area contributed by atoms with Crippen LogP contribution in [0.4, 0.5) is 22.0 Å². The van der Waals surface area contributed by atoms with Crippen LogP contribution in [0.15, 0.2) is 30.3 Å². The molecule has 3 heterocycles. The minimum Gasteiger partial charge on any atom is -0.473 e. The Kier molecular flexibility index (Phi) is 7.78. The summed E-state index contributed by atoms with van der Waals surface area (Å²) in [5.41, 5.74) is -0.853. The Hall–Kier alpha value is -4.14. The largest absolute Gasteiger partial charge is 0.490 e. The second kappa shape index (κ2) is 10.8. The fourth-order valence-corrected chi connectivity index (χ4v) is 4.61. The molecule has 1 aromatic carbocycles. The van der Waals surface area contributed by atoms with E-state index < -0.39 is 48.4 Å². The number of carbonyl (C=O) groups is 2. The molecule has 1 atom stereocenters. The summed E-state index contributed by atoms with van der Waals surface area (Å²) in [6.45, 7) is 4.83. The molecule has 3 aromatic heterocycles. The van der Waals surface area contributed by atoms with Crippen molar-refractivity contribution in [1.82, 2.24) is 25.1 Å². The lowest BCUT2D eigenvalue weighted by molar-refractivity contribution is -0.201. The van der Waals surface area contributed by atoms with Gasteiger partial charge in [0.15, 0.2) is 0 Å². The molecule has 212 valence electrons. The maximum Gasteiger partial charge on any atom is 0.490 e. The second-order valence-corrected chi connectivity index (χ2v) is 10.3. The SMILES string of the molecule is Cc1cc(OCc2c(F)cccc2F)n2nc(C)c(C(=O)N[C@@](C)(COC(=O)C(F)(F)F)c3nnc(C)s3)c2c1. The van der Waals surface area contributed by atoms with E-state index in [0.717, 1.165) is 23.5 Å². The minimum atomic E-state index is -5.24. The molecular formula is C25H22F5N5O4S. The molecule has 1 amide bonds. The zero-order valence-electron chi connectivity index (χ0n) is 21.5. The van der Waals surface area contributed by atoms with E-state index in [-0.39, 0.29) is 33.2 Å². The highest BCUT2D eigenvalue weighted by Crippen LogP contribution is 2.29. The van der Waals surface area contributed by atoms with Crippen molar-refractivity contribution in [2.24, 2.45) is 0 Å². The van der Waals surface area contributed by atoms with E-state index in [4.69, 9.17) is 4.74 Å². The number of amides is 1. The predicted octanol–water partition coefficient (Wildman–Crippen LogP) is 4.72. The molecular weight excluding hydrogens is 561 g/mol. The van der Waals surface area contributed by atoms with Crippen LogP contribution in [0, 0.1) is 32.4 Å². The highest BCUT2D eigenvalue weighted by Gasteiger charge is 2.44. The summed E-state index contributed by atoms with van der Waals surface area (Å²) in [7, 11) is 0. The number of carbonyl (C=O) groups excluding carboxylic acids is 2. The molecule has 0 saturated heterocycles. The van der Waals surface area contributed by atoms with Crippen LogP contribution >= 0.6 is 11.3 Å². The van der Waals surface area contributed by atoms with Crippen LogP contribution in [0.25, 0.3) is 5.52 Å². The lowest BCUT2D eigenvalue weighted by Crippen LogP contribution is -2.48. The molecule has 0 aliphatic heterocycles. The first-order valence-electron chi connectivity index (χ1n) is 11.6. The van der Waals surface area contributed by atoms with E-state index in [1.54, 1.807) is 26.0 Å². The van der Waals surface area contributed by atoms with E-state index in [1.807, 2.05) is 0 Å². The van der Waals surface area contributed by atoms with Gasteiger partial charge in [-0.25, -0.2) is 13.6 Å². The number of pyridine rings is 1. The lowest BCUT2D eigenvalue weighted by Gasteiger charge is -2.28. The molecule has 0 bridgehead atoms. The molecule has 4 aromatic rings. The number of halogens is 5. The molecule has 9 nitrogen and oxygen atoms in total. The standard InChI is InChI=1S/C25H22F5N5O4S/c1-12-8-18-20(13(2)34-35(18)19(9-12)38-10-15-16(26)6-5-7-17(15)27)21(36)31-24(4,22-33-32-14(3)40-22)11-39-23(37)25(28,29)30/h5-9H,10-11H2,1-4H3,(H,31,36)/t24-/m0/s1. The van der Waals surface area contributed by atoms with Crippen molar-refractivity contribution in [3.05, 3.63) is 74.4 Å². The fourth-order valence-electron chi connectivity index (χ4n) is 3.84. The number of hydrogen-bond donors (Lipinski definition) is 1. The highest BCUT2D eigenvalue weighted by molar-refractivity contribution is 7.11. The molecule has 15 heteroatoms. The van der Waals surface area contributed by atoms with Crippen molar-refractivity contribution in [3.63, 3.8) is 0 Å². The lowest BCUT2D eigenvalue weighted by atomic mass is 10.0. The number of hydrogen-bond acceptors (Lipinski definition) is 8. The fraction of sp³-hybridized carbons (Fsp3) is 0.320. The number of alkyl halides is 3. The van der Waals surface area contributed by atoms with Crippen molar-refractivity contribution in [2.45, 2.75) is 46.0 Å². The van der Waals surface area contributed by atoms with Gasteiger partial charge in [0.1, 0.15) is 40.4 Å². The van der Waals surface area contributed by atoms with Gasteiger partial charge in [0.05, 0.1) is 22.3 Å². The number of benzene rings is 1. The van der Waals surface area contributed by atoms with Crippen molar-refractivity contribution in [1.29, 1.82) is 0 Å². The number of fused-ring (bicyclic) bond motifs is 1. The van der Waals surface area contributed by atoms with Gasteiger partial charge in [-0.15, -0.1) is 10.2 Å². The van der Waals surface area contributed by atoms with Gasteiger partial charge in [0.25, 0.3) is 5.91 Å². The summed E-state index contributed by atoms with van der Waals surface area (Å²) in [5.74, 6) is -4.69. The number of nitrogens with zero attached hydrogens (tertiary/aromatic N) is 4. The first-order valence-corrected chi connectivity index (χ1v) is 12.4. The molecule has 4 rings (SSSR count). The highest BCUT2D eigenvalue weighted by atomic mass is 32.1. The van der Waals surface area contributed by atoms with Crippen molar-refractivity contribution in [2.75, 3.05) is 6.61 Å². The van der Waals surface area contributed by atoms with Crippen molar-refractivity contribution in [3.8, 4) is 5.88 Å². The molecule has 0 unspecified atom stereocenters. The van der Waals surface area contributed by atoms with Crippen molar-refractivity contribution < 1.29 is 41.0 Å². The second-order valence-electron chi connectivity index (χ2n) is 9.10. The Balaban J connectivity index is 1.67. The summed E-state index contributed by atoms with van der Waals surface area (Å²) in [5, 5.41) is 15.3. The van der Waals surface area contributed by atoms with Gasteiger partial charge in [-0.1, -0.05) is 17.4 Å². The Morgan fingerprint density at radius 2 is 1.75 bits per heavy atom. The maximum atomic E-state index is 14.1. The molecule has 0 radical (unpaired) electrons. The van der Waals surface area contributed by atoms with E-state index in [9.17, 15) is 31.5 Å². The Labute approximate surface area is 227 Å². The number of aromatic nitrogens is 4. The summed E-state index contributed by atoms with van der Waals surface area (Å²) in [6, 6.07) is 6.58. The normalized spacial score (nSPS) is 13.2. The van der Waals surface area contributed by atoms with Crippen LogP contribution in [0.2, 0.25) is 0 Å². The van der Waals surface area contributed by atoms with Gasteiger partial charge in [0, 0.05) is 6.07 Å². The number of aryl methyl sites for hydroxylation is 3. The van der Waals surface area contributed by atoms with Crippen LogP contribution in [0.1, 0.15) is 44.1 Å². The quantitative estimate of drug-likeness (QED) is 0.236. The third-order valence-corrected chi connectivity index (χ3v) is 6.89. The molecule has 0 aliphatic carbocycles. The van der Waals surface area contributed by atoms with Crippen LogP contribution in [0.5, 0.6) is 5.88 Å². The molecule has 1 N–H and O–H groups in total. The predicted molar refractivity (Wildman–Crippen MR) is 132 cm³/mol. The first-order chi connectivity index (χ1) is 18.7. The van der Waals surface area contributed by atoms with E-state index in [2.05, 4.69) is 25.3 Å². The summed E-state index contributed by atoms with van der Waals surface area (Å²) in [6.07, 6.45) is -5.24. The Morgan fingerprint density at radius 1 is 1.07 bits per heavy atom. The summed E-state index contributed by atoms with van der Waals surface area (Å²) >= 11 is 1.00. The molecule has 0 saturated carbocycles. The van der Waals surface area contributed by atoms with Crippen molar-refractivity contribution >= 4 is 28.7 Å². The average molecular weight is 584 g/mol. The van der Waals surface area contributed by atoms with Crippen LogP contribution in [0.3, 0.4) is 0 Å². The monoisotopic (exact) mass is 583 g/mol. The number of esters is 1. The van der Waals surface area contributed by atoms with Gasteiger partial charge < -0.3 is 14.8 Å². The topological polar surface area (TPSA) is 108 Å². The summed E-state index contributed by atoms with van der Waals surface area (Å²) in [4.78, 5) is 25.0. The Bertz CT molecular complexity index is 1580. The maximum absolute atomic E-state index is 14.1. The zero-order valence-corrected chi connectivity index (χ0v) is 22.3. The minimum absolute atomic E-state index is 0.0419. The van der Waals surface area contributed by atoms with Gasteiger partial charge in [0.2, 0.25) is 5.88 Å². The van der Waals surface area contributed by atoms with Gasteiger partial charge in [-0.2, -0.15) is 22.8 Å². The van der Waals surface area contributed by atoms with E-state index >= 15 is 0 Å². The van der Waals surface area contributed by atoms with E-state index in [0.29, 0.717) is 10.6 Å². The molecule has 0 fully saturated rings. The van der Waals surface area contributed by atoms with Gasteiger partial charge >= 0.3 is 12.1 Å². The Morgan fingerprint density at radius 3 is 2.35 bits per heavy atom. The number of ether oxygens (including phenoxy) is 2. The molecule has 40 heavy (non-hydrogen) atoms. The molecule has 0 aliphatic rings. The van der Waals surface area contributed by atoms with Gasteiger partial charge in [-0.3, -0.25) is 4.79 Å². The van der Waals surface area contributed by atoms with Crippen LogP contribution < -0.4 is 10.1 Å². The molecule has 0 spiro atoms. The number of rotatable bonds is 8. The summed E-state index contributed by atoms with van der Waals surface area (Å²) < 4.78 is 78.0. The third-order valence-electron chi connectivity index (χ3n) is 5.78. The third kappa shape index (κ3) is 5.88. The smallest absolute Gasteiger partial charge is 0.473 e. The average Bonchev–Trinajstić information content (AvgIpc) is 3.44. The van der Waals surface area contributed by atoms with E-state index in [1.165, 1.54) is 24.4 Å².